The summed E-state index contributed by atoms with van der Waals surface area (Å²) in [6.45, 7) is 0.956. The number of nitrogen functional groups attached to an aromatic ring is 1. The van der Waals surface area contributed by atoms with E-state index in [9.17, 15) is 9.90 Å². The number of benzene rings is 1. The van der Waals surface area contributed by atoms with Crippen molar-refractivity contribution in [3.8, 4) is 5.75 Å². The molecule has 28 heavy (non-hydrogen) atoms. The van der Waals surface area contributed by atoms with Gasteiger partial charge in [-0.3, -0.25) is 14.3 Å². The lowest BCUT2D eigenvalue weighted by Crippen LogP contribution is -2.41. The van der Waals surface area contributed by atoms with Crippen LogP contribution < -0.4 is 16.2 Å². The number of ether oxygens (including phenoxy) is 1. The molecule has 0 bridgehead atoms. The minimum atomic E-state index is -2.21. The lowest BCUT2D eigenvalue weighted by Gasteiger charge is -2.24. The Morgan fingerprint density at radius 2 is 2.18 bits per heavy atom. The van der Waals surface area contributed by atoms with Gasteiger partial charge in [-0.25, -0.2) is 9.37 Å². The molecule has 1 aliphatic heterocycles. The van der Waals surface area contributed by atoms with E-state index in [0.717, 1.165) is 0 Å². The molecule has 1 aromatic carbocycles. The molecule has 0 radical (unpaired) electrons. The van der Waals surface area contributed by atoms with Gasteiger partial charge in [-0.2, -0.15) is 9.87 Å². The van der Waals surface area contributed by atoms with Gasteiger partial charge >= 0.3 is 0 Å². The molecule has 0 spiro atoms. The van der Waals surface area contributed by atoms with Crippen LogP contribution >= 0.6 is 0 Å². The van der Waals surface area contributed by atoms with Gasteiger partial charge in [-0.05, 0) is 19.1 Å². The van der Waals surface area contributed by atoms with Gasteiger partial charge in [0, 0.05) is 0 Å². The first-order valence-corrected chi connectivity index (χ1v) is 8.47. The van der Waals surface area contributed by atoms with Crippen LogP contribution in [-0.2, 0) is 9.62 Å². The summed E-state index contributed by atoms with van der Waals surface area (Å²) in [6.07, 6.45) is -2.63. The predicted octanol–water partition coefficient (Wildman–Crippen LogP) is 0.699. The SMILES string of the molecule is C[C@@]1(F)[C@H](O)[C@@H](COOc2ccccc2)O[C@H]1n1cnc2c(=O)[nH]c(N)nc21. The Bertz CT molecular complexity index is 1040. The van der Waals surface area contributed by atoms with Crippen molar-refractivity contribution in [2.45, 2.75) is 31.0 Å². The molecule has 0 saturated carbocycles. The topological polar surface area (TPSA) is 138 Å². The average molecular weight is 391 g/mol. The number of halogens is 1. The van der Waals surface area contributed by atoms with E-state index in [1.165, 1.54) is 17.8 Å². The van der Waals surface area contributed by atoms with Gasteiger partial charge in [0.25, 0.3) is 5.56 Å². The van der Waals surface area contributed by atoms with Gasteiger partial charge < -0.3 is 20.5 Å². The van der Waals surface area contributed by atoms with E-state index in [1.54, 1.807) is 24.3 Å². The first kappa shape index (κ1) is 18.3. The van der Waals surface area contributed by atoms with E-state index in [-0.39, 0.29) is 23.7 Å². The van der Waals surface area contributed by atoms with Gasteiger partial charge in [0.1, 0.15) is 18.8 Å². The lowest BCUT2D eigenvalue weighted by molar-refractivity contribution is -0.233. The van der Waals surface area contributed by atoms with Crippen LogP contribution in [0.1, 0.15) is 13.2 Å². The van der Waals surface area contributed by atoms with Gasteiger partial charge in [0.15, 0.2) is 28.8 Å². The van der Waals surface area contributed by atoms with Crippen LogP contribution in [0.3, 0.4) is 0 Å². The molecule has 2 aromatic heterocycles. The van der Waals surface area contributed by atoms with Gasteiger partial charge in [-0.15, -0.1) is 0 Å². The molecule has 0 amide bonds. The number of imidazole rings is 1. The van der Waals surface area contributed by atoms with Crippen molar-refractivity contribution in [2.24, 2.45) is 0 Å². The van der Waals surface area contributed by atoms with Crippen LogP contribution in [0, 0.1) is 0 Å². The lowest BCUT2D eigenvalue weighted by atomic mass is 9.98. The number of fused-ring (bicyclic) bond motifs is 1. The molecular formula is C17H18FN5O5. The number of hydrogen-bond donors (Lipinski definition) is 3. The Hall–Kier alpha value is -3.02. The van der Waals surface area contributed by atoms with E-state index in [4.69, 9.17) is 20.2 Å². The second-order valence-corrected chi connectivity index (χ2v) is 6.58. The number of H-pyrrole nitrogens is 1. The van der Waals surface area contributed by atoms with Crippen molar-refractivity contribution >= 4 is 17.1 Å². The number of alkyl halides is 1. The van der Waals surface area contributed by atoms with E-state index in [2.05, 4.69) is 15.0 Å². The Balaban J connectivity index is 1.55. The molecular weight excluding hydrogens is 373 g/mol. The van der Waals surface area contributed by atoms with E-state index < -0.39 is 29.7 Å². The van der Waals surface area contributed by atoms with Crippen LogP contribution in [0.2, 0.25) is 0 Å². The van der Waals surface area contributed by atoms with E-state index in [1.807, 2.05) is 6.07 Å². The summed E-state index contributed by atoms with van der Waals surface area (Å²) in [7, 11) is 0. The third-order valence-corrected chi connectivity index (χ3v) is 4.55. The maximum absolute atomic E-state index is 15.3. The standard InChI is InChI=1S/C17H18FN5O5/c1-17(18)12(24)10(7-26-28-9-5-3-2-4-6-9)27-15(17)23-8-20-11-13(23)21-16(19)22-14(11)25/h2-6,8,10,12,15,24H,7H2,1H3,(H3,19,21,22,25)/t10-,12-,15-,17-/m1/s1. The van der Waals surface area contributed by atoms with Crippen LogP contribution in [0.5, 0.6) is 5.75 Å². The third-order valence-electron chi connectivity index (χ3n) is 4.55. The smallest absolute Gasteiger partial charge is 0.280 e. The highest BCUT2D eigenvalue weighted by Crippen LogP contribution is 2.42. The highest BCUT2D eigenvalue weighted by Gasteiger charge is 2.55. The maximum atomic E-state index is 15.3. The first-order chi connectivity index (χ1) is 13.4. The van der Waals surface area contributed by atoms with Crippen LogP contribution in [0.25, 0.3) is 11.2 Å². The third kappa shape index (κ3) is 3.09. The molecule has 0 aliphatic carbocycles. The molecule has 148 valence electrons. The van der Waals surface area contributed by atoms with Gasteiger partial charge in [0.05, 0.1) is 6.33 Å². The molecule has 0 unspecified atom stereocenters. The summed E-state index contributed by atoms with van der Waals surface area (Å²) in [4.78, 5) is 32.4. The summed E-state index contributed by atoms with van der Waals surface area (Å²) in [5.41, 5.74) is 2.82. The first-order valence-electron chi connectivity index (χ1n) is 8.47. The van der Waals surface area contributed by atoms with Crippen LogP contribution in [-0.4, -0.2) is 49.1 Å². The monoisotopic (exact) mass is 391 g/mol. The summed E-state index contributed by atoms with van der Waals surface area (Å²) < 4.78 is 22.2. The number of nitrogens with two attached hydrogens (primary N) is 1. The summed E-state index contributed by atoms with van der Waals surface area (Å²) in [5, 5.41) is 10.4. The largest absolute Gasteiger partial charge is 0.387 e. The Kier molecular flexibility index (Phi) is 4.49. The van der Waals surface area contributed by atoms with Crippen molar-refractivity contribution in [3.63, 3.8) is 0 Å². The zero-order valence-electron chi connectivity index (χ0n) is 14.8. The molecule has 4 atom stereocenters. The van der Waals surface area contributed by atoms with Gasteiger partial charge in [0.2, 0.25) is 5.95 Å². The fourth-order valence-electron chi connectivity index (χ4n) is 3.11. The number of aliphatic hydroxyl groups excluding tert-OH is 1. The van der Waals surface area contributed by atoms with Crippen molar-refractivity contribution in [3.05, 3.63) is 47.0 Å². The quantitative estimate of drug-likeness (QED) is 0.427. The zero-order valence-corrected chi connectivity index (χ0v) is 14.8. The van der Waals surface area contributed by atoms with Crippen molar-refractivity contribution in [1.29, 1.82) is 0 Å². The number of nitrogens with one attached hydrogen (secondary N) is 1. The Labute approximate surface area is 157 Å². The Morgan fingerprint density at radius 1 is 1.43 bits per heavy atom. The number of aliphatic hydroxyl groups is 1. The molecule has 1 aliphatic rings. The minimum Gasteiger partial charge on any atom is -0.387 e. The summed E-state index contributed by atoms with van der Waals surface area (Å²) in [6, 6.07) is 8.70. The van der Waals surface area contributed by atoms with Crippen molar-refractivity contribution in [2.75, 3.05) is 12.3 Å². The maximum Gasteiger partial charge on any atom is 0.280 e. The second kappa shape index (κ2) is 6.86. The van der Waals surface area contributed by atoms with E-state index in [0.29, 0.717) is 5.75 Å². The second-order valence-electron chi connectivity index (χ2n) is 6.58. The molecule has 4 N–H and O–H groups in total. The number of aromatic nitrogens is 4. The number of para-hydroxylation sites is 1. The number of rotatable bonds is 5. The molecule has 10 nitrogen and oxygen atoms in total. The summed E-state index contributed by atoms with van der Waals surface area (Å²) in [5.74, 6) is 0.309. The fraction of sp³-hybridized carbons (Fsp3) is 0.353. The number of anilines is 1. The number of nitrogens with zero attached hydrogens (tertiary/aromatic N) is 3. The van der Waals surface area contributed by atoms with Gasteiger partial charge in [-0.1, -0.05) is 18.2 Å². The van der Waals surface area contributed by atoms with E-state index >= 15 is 4.39 Å². The molecule has 11 heteroatoms. The van der Waals surface area contributed by atoms with Crippen LogP contribution in [0.4, 0.5) is 10.3 Å². The molecule has 3 aromatic rings. The summed E-state index contributed by atoms with van der Waals surface area (Å²) >= 11 is 0. The van der Waals surface area contributed by atoms with Crippen LogP contribution in [0.15, 0.2) is 41.5 Å². The highest BCUT2D eigenvalue weighted by molar-refractivity contribution is 5.70. The van der Waals surface area contributed by atoms with Crippen molar-refractivity contribution in [1.82, 2.24) is 19.5 Å². The average Bonchev–Trinajstić information content (AvgIpc) is 3.16. The highest BCUT2D eigenvalue weighted by atomic mass is 19.1. The predicted molar refractivity (Wildman–Crippen MR) is 95.0 cm³/mol. The zero-order chi connectivity index (χ0) is 19.9. The number of aromatic amines is 1. The fourth-order valence-corrected chi connectivity index (χ4v) is 3.11. The molecule has 1 saturated heterocycles. The molecule has 1 fully saturated rings. The molecule has 4 rings (SSSR count). The Morgan fingerprint density at radius 3 is 2.93 bits per heavy atom. The molecule has 3 heterocycles. The normalized spacial score (nSPS) is 27.3. The number of hydrogen-bond acceptors (Lipinski definition) is 8. The van der Waals surface area contributed by atoms with Crippen molar-refractivity contribution < 1.29 is 24.0 Å². The minimum absolute atomic E-state index is 0.0183.